The molecule has 27 heavy (non-hydrogen) atoms. The number of thiocarbonyl (C=S) groups is 1. The van der Waals surface area contributed by atoms with Crippen molar-refractivity contribution in [1.82, 2.24) is 14.9 Å². The van der Waals surface area contributed by atoms with E-state index in [0.29, 0.717) is 11.2 Å². The van der Waals surface area contributed by atoms with E-state index in [9.17, 15) is 4.39 Å². The van der Waals surface area contributed by atoms with E-state index < -0.39 is 0 Å². The smallest absolute Gasteiger partial charge is 0.174 e. The van der Waals surface area contributed by atoms with Crippen LogP contribution in [-0.4, -0.2) is 14.7 Å². The maximum atomic E-state index is 13.5. The lowest BCUT2D eigenvalue weighted by atomic mass is 10.0. The number of hydrogen-bond donors (Lipinski definition) is 1. The molecular formula is C21H21FN4S. The van der Waals surface area contributed by atoms with Crippen molar-refractivity contribution >= 4 is 23.0 Å². The van der Waals surface area contributed by atoms with Crippen molar-refractivity contribution < 1.29 is 4.39 Å². The molecule has 1 aliphatic rings. The highest BCUT2D eigenvalue weighted by atomic mass is 32.1. The summed E-state index contributed by atoms with van der Waals surface area (Å²) in [7, 11) is 0. The van der Waals surface area contributed by atoms with Gasteiger partial charge < -0.3 is 14.8 Å². The van der Waals surface area contributed by atoms with Gasteiger partial charge in [-0.15, -0.1) is 0 Å². The van der Waals surface area contributed by atoms with Gasteiger partial charge in [-0.3, -0.25) is 4.98 Å². The van der Waals surface area contributed by atoms with Crippen LogP contribution in [0.25, 0.3) is 0 Å². The summed E-state index contributed by atoms with van der Waals surface area (Å²) in [5.41, 5.74) is 2.91. The molecule has 0 amide bonds. The van der Waals surface area contributed by atoms with Gasteiger partial charge in [-0.1, -0.05) is 6.07 Å². The second-order valence-corrected chi connectivity index (χ2v) is 7.29. The second kappa shape index (κ2) is 7.12. The van der Waals surface area contributed by atoms with Crippen molar-refractivity contribution in [2.45, 2.75) is 32.0 Å². The number of aromatic nitrogens is 2. The molecule has 1 saturated heterocycles. The highest BCUT2D eigenvalue weighted by Crippen LogP contribution is 2.42. The zero-order valence-corrected chi connectivity index (χ0v) is 16.0. The van der Waals surface area contributed by atoms with Gasteiger partial charge in [-0.2, -0.15) is 0 Å². The largest absolute Gasteiger partial charge is 0.351 e. The molecule has 3 aromatic rings. The Labute approximate surface area is 163 Å². The first-order chi connectivity index (χ1) is 13.1. The van der Waals surface area contributed by atoms with Gasteiger partial charge in [0, 0.05) is 29.8 Å². The summed E-state index contributed by atoms with van der Waals surface area (Å²) in [5, 5.41) is 4.04. The molecule has 0 saturated carbocycles. The molecule has 0 aliphatic carbocycles. The number of pyridine rings is 1. The number of benzene rings is 1. The fourth-order valence-electron chi connectivity index (χ4n) is 3.66. The third kappa shape index (κ3) is 3.21. The summed E-state index contributed by atoms with van der Waals surface area (Å²) >= 11 is 5.68. The van der Waals surface area contributed by atoms with Crippen LogP contribution in [0, 0.1) is 5.82 Å². The normalized spacial score (nSPS) is 19.6. The topological polar surface area (TPSA) is 33.1 Å². The SMILES string of the molecule is CC(C)n1cccc1[C@@H]1[C@@H](c2ccccn2)NC(=S)N1c1ccc(F)cc1. The lowest BCUT2D eigenvalue weighted by molar-refractivity contribution is 0.497. The van der Waals surface area contributed by atoms with Gasteiger partial charge >= 0.3 is 0 Å². The number of nitrogens with one attached hydrogen (secondary N) is 1. The van der Waals surface area contributed by atoms with Gasteiger partial charge in [0.2, 0.25) is 0 Å². The van der Waals surface area contributed by atoms with Crippen molar-refractivity contribution in [2.24, 2.45) is 0 Å². The maximum Gasteiger partial charge on any atom is 0.174 e. The van der Waals surface area contributed by atoms with Crippen LogP contribution in [0.1, 0.15) is 43.4 Å². The van der Waals surface area contributed by atoms with Crippen molar-refractivity contribution in [3.05, 3.63) is 84.2 Å². The molecule has 1 aliphatic heterocycles. The monoisotopic (exact) mass is 380 g/mol. The van der Waals surface area contributed by atoms with E-state index in [0.717, 1.165) is 17.1 Å². The van der Waals surface area contributed by atoms with E-state index in [2.05, 4.69) is 51.9 Å². The zero-order valence-electron chi connectivity index (χ0n) is 15.2. The number of anilines is 1. The van der Waals surface area contributed by atoms with Gasteiger partial charge in [0.25, 0.3) is 0 Å². The van der Waals surface area contributed by atoms with Gasteiger partial charge in [0.1, 0.15) is 11.9 Å². The quantitative estimate of drug-likeness (QED) is 0.661. The fraction of sp³-hybridized carbons (Fsp3) is 0.238. The van der Waals surface area contributed by atoms with Crippen LogP contribution >= 0.6 is 12.2 Å². The first-order valence-corrected chi connectivity index (χ1v) is 9.40. The first kappa shape index (κ1) is 17.7. The van der Waals surface area contributed by atoms with Crippen LogP contribution < -0.4 is 10.2 Å². The molecular weight excluding hydrogens is 359 g/mol. The molecule has 1 N–H and O–H groups in total. The van der Waals surface area contributed by atoms with Crippen molar-refractivity contribution in [2.75, 3.05) is 4.90 Å². The Bertz CT molecular complexity index is 936. The van der Waals surface area contributed by atoms with Crippen LogP contribution in [0.5, 0.6) is 0 Å². The lowest BCUT2D eigenvalue weighted by Crippen LogP contribution is -2.30. The van der Waals surface area contributed by atoms with Crippen LogP contribution in [0.3, 0.4) is 0 Å². The number of rotatable bonds is 4. The highest BCUT2D eigenvalue weighted by Gasteiger charge is 2.42. The molecule has 0 radical (unpaired) electrons. The Balaban J connectivity index is 1.85. The van der Waals surface area contributed by atoms with Crippen molar-refractivity contribution in [3.63, 3.8) is 0 Å². The lowest BCUT2D eigenvalue weighted by Gasteiger charge is -2.29. The van der Waals surface area contributed by atoms with Gasteiger partial charge in [-0.05, 0) is 74.6 Å². The summed E-state index contributed by atoms with van der Waals surface area (Å²) in [6, 6.07) is 16.6. The Kier molecular flexibility index (Phi) is 4.66. The van der Waals surface area contributed by atoms with Crippen LogP contribution in [-0.2, 0) is 0 Å². The minimum Gasteiger partial charge on any atom is -0.351 e. The Morgan fingerprint density at radius 2 is 1.85 bits per heavy atom. The number of halogens is 1. The average molecular weight is 380 g/mol. The summed E-state index contributed by atoms with van der Waals surface area (Å²) < 4.78 is 15.7. The van der Waals surface area contributed by atoms with E-state index in [1.807, 2.05) is 18.2 Å². The molecule has 6 heteroatoms. The third-order valence-electron chi connectivity index (χ3n) is 4.87. The summed E-state index contributed by atoms with van der Waals surface area (Å²) in [6.07, 6.45) is 3.87. The van der Waals surface area contributed by atoms with E-state index in [1.54, 1.807) is 18.3 Å². The number of hydrogen-bond acceptors (Lipinski definition) is 2. The van der Waals surface area contributed by atoms with E-state index >= 15 is 0 Å². The maximum absolute atomic E-state index is 13.5. The molecule has 0 bridgehead atoms. The predicted molar refractivity (Wildman–Crippen MR) is 109 cm³/mol. The summed E-state index contributed by atoms with van der Waals surface area (Å²) in [4.78, 5) is 6.61. The average Bonchev–Trinajstić information content (AvgIpc) is 3.27. The van der Waals surface area contributed by atoms with Gasteiger partial charge in [0.05, 0.1) is 11.7 Å². The molecule has 138 valence electrons. The fourth-order valence-corrected chi connectivity index (χ4v) is 4.01. The van der Waals surface area contributed by atoms with Crippen LogP contribution in [0.2, 0.25) is 0 Å². The summed E-state index contributed by atoms with van der Waals surface area (Å²) in [5.74, 6) is -0.264. The molecule has 1 aromatic carbocycles. The van der Waals surface area contributed by atoms with E-state index in [-0.39, 0.29) is 17.9 Å². The molecule has 3 heterocycles. The van der Waals surface area contributed by atoms with Crippen molar-refractivity contribution in [1.29, 1.82) is 0 Å². The Hall–Kier alpha value is -2.73. The molecule has 2 atom stereocenters. The van der Waals surface area contributed by atoms with E-state index in [1.165, 1.54) is 12.1 Å². The predicted octanol–water partition coefficient (Wildman–Crippen LogP) is 4.78. The minimum absolute atomic E-state index is 0.0877. The van der Waals surface area contributed by atoms with Gasteiger partial charge in [-0.25, -0.2) is 4.39 Å². The molecule has 2 aromatic heterocycles. The standard InChI is InChI=1S/C21H21FN4S/c1-14(2)25-13-5-7-18(25)20-19(17-6-3-4-12-23-17)24-21(27)26(20)16-10-8-15(22)9-11-16/h3-14,19-20H,1-2H3,(H,24,27)/t19-,20-/m1/s1. The summed E-state index contributed by atoms with van der Waals surface area (Å²) in [6.45, 7) is 4.31. The zero-order chi connectivity index (χ0) is 19.0. The Morgan fingerprint density at radius 3 is 2.52 bits per heavy atom. The minimum atomic E-state index is -0.264. The second-order valence-electron chi connectivity index (χ2n) is 6.91. The van der Waals surface area contributed by atoms with Gasteiger partial charge in [0.15, 0.2) is 5.11 Å². The molecule has 4 nitrogen and oxygen atoms in total. The Morgan fingerprint density at radius 1 is 1.07 bits per heavy atom. The molecule has 1 fully saturated rings. The molecule has 4 rings (SSSR count). The highest BCUT2D eigenvalue weighted by molar-refractivity contribution is 7.80. The van der Waals surface area contributed by atoms with Crippen LogP contribution in [0.4, 0.5) is 10.1 Å². The number of nitrogens with zero attached hydrogens (tertiary/aromatic N) is 3. The third-order valence-corrected chi connectivity index (χ3v) is 5.19. The van der Waals surface area contributed by atoms with Crippen molar-refractivity contribution in [3.8, 4) is 0 Å². The van der Waals surface area contributed by atoms with E-state index in [4.69, 9.17) is 12.2 Å². The van der Waals surface area contributed by atoms with Crippen LogP contribution in [0.15, 0.2) is 67.0 Å². The molecule has 0 unspecified atom stereocenters. The first-order valence-electron chi connectivity index (χ1n) is 8.99. The molecule has 0 spiro atoms.